The van der Waals surface area contributed by atoms with Crippen LogP contribution in [0.15, 0.2) is 42.6 Å². The lowest BCUT2D eigenvalue weighted by Crippen LogP contribution is -2.33. The normalized spacial score (nSPS) is 19.7. The van der Waals surface area contributed by atoms with Crippen LogP contribution in [0, 0.1) is 5.92 Å². The van der Waals surface area contributed by atoms with Gasteiger partial charge in [-0.25, -0.2) is 9.50 Å². The zero-order chi connectivity index (χ0) is 19.0. The molecule has 0 atom stereocenters. The van der Waals surface area contributed by atoms with Crippen LogP contribution in [0.2, 0.25) is 0 Å². The summed E-state index contributed by atoms with van der Waals surface area (Å²) < 4.78 is 42.9. The van der Waals surface area contributed by atoms with Gasteiger partial charge in [-0.15, -0.1) is 18.3 Å². The highest BCUT2D eigenvalue weighted by molar-refractivity contribution is 5.65. The Morgan fingerprint density at radius 3 is 2.78 bits per heavy atom. The molecule has 0 aliphatic heterocycles. The van der Waals surface area contributed by atoms with Gasteiger partial charge in [0.15, 0.2) is 5.65 Å². The molecule has 0 amide bonds. The Labute approximate surface area is 152 Å². The van der Waals surface area contributed by atoms with E-state index in [4.69, 9.17) is 0 Å². The molecule has 2 heterocycles. The fourth-order valence-electron chi connectivity index (χ4n) is 3.13. The molecule has 1 fully saturated rings. The molecule has 2 N–H and O–H groups in total. The fourth-order valence-corrected chi connectivity index (χ4v) is 3.13. The Bertz CT molecular complexity index is 951. The number of imidazole rings is 1. The molecule has 2 aromatic heterocycles. The van der Waals surface area contributed by atoms with Crippen molar-refractivity contribution in [3.05, 3.63) is 42.6 Å². The molecule has 27 heavy (non-hydrogen) atoms. The number of aliphatic hydroxyl groups is 1. The number of rotatable bonds is 5. The first kappa shape index (κ1) is 17.6. The predicted octanol–water partition coefficient (Wildman–Crippen LogP) is 3.48. The maximum absolute atomic E-state index is 12.5. The number of benzene rings is 1. The van der Waals surface area contributed by atoms with Gasteiger partial charge in [0.2, 0.25) is 0 Å². The van der Waals surface area contributed by atoms with E-state index in [1.54, 1.807) is 28.9 Å². The van der Waals surface area contributed by atoms with Crippen molar-refractivity contribution < 1.29 is 23.0 Å². The molecule has 0 spiro atoms. The molecular weight excluding hydrogens is 361 g/mol. The van der Waals surface area contributed by atoms with E-state index in [1.165, 1.54) is 18.2 Å². The van der Waals surface area contributed by atoms with E-state index in [0.717, 1.165) is 12.8 Å². The molecule has 4 rings (SSSR count). The third kappa shape index (κ3) is 3.97. The largest absolute Gasteiger partial charge is 0.573 e. The summed E-state index contributed by atoms with van der Waals surface area (Å²) in [7, 11) is 0. The molecule has 1 aliphatic rings. The Hall–Kier alpha value is -2.81. The Balaban J connectivity index is 1.58. The summed E-state index contributed by atoms with van der Waals surface area (Å²) in [4.78, 5) is 4.25. The summed E-state index contributed by atoms with van der Waals surface area (Å²) in [6, 6.07) is 9.28. The molecule has 1 aromatic carbocycles. The van der Waals surface area contributed by atoms with Gasteiger partial charge in [-0.05, 0) is 43.0 Å². The standard InChI is InChI=1S/C18H17F3N4O2/c19-18(20,21)27-14-3-1-2-12(8-14)15-10-23-17-5-4-16(24-25(15)17)22-9-11-6-13(26)7-11/h1-5,8,10-11,13,26H,6-7,9H2,(H,22,24)/t11-,13-. The van der Waals surface area contributed by atoms with E-state index >= 15 is 0 Å². The van der Waals surface area contributed by atoms with Crippen molar-refractivity contribution in [2.75, 3.05) is 11.9 Å². The summed E-state index contributed by atoms with van der Waals surface area (Å²) >= 11 is 0. The summed E-state index contributed by atoms with van der Waals surface area (Å²) in [5, 5.41) is 17.1. The first-order valence-electron chi connectivity index (χ1n) is 8.50. The van der Waals surface area contributed by atoms with Crippen molar-refractivity contribution in [2.24, 2.45) is 5.92 Å². The number of ether oxygens (including phenoxy) is 1. The number of alkyl halides is 3. The lowest BCUT2D eigenvalue weighted by Gasteiger charge is -2.31. The van der Waals surface area contributed by atoms with Crippen LogP contribution in [0.1, 0.15) is 12.8 Å². The molecule has 0 unspecified atom stereocenters. The van der Waals surface area contributed by atoms with Crippen LogP contribution in [0.5, 0.6) is 5.75 Å². The summed E-state index contributed by atoms with van der Waals surface area (Å²) in [5.41, 5.74) is 1.65. The van der Waals surface area contributed by atoms with Gasteiger partial charge in [0.05, 0.1) is 18.0 Å². The highest BCUT2D eigenvalue weighted by Gasteiger charge is 2.31. The fraction of sp³-hybridized carbons (Fsp3) is 0.333. The number of hydrogen-bond acceptors (Lipinski definition) is 5. The van der Waals surface area contributed by atoms with E-state index in [9.17, 15) is 18.3 Å². The van der Waals surface area contributed by atoms with Crippen LogP contribution in [0.4, 0.5) is 19.0 Å². The molecule has 142 valence electrons. The van der Waals surface area contributed by atoms with Crippen LogP contribution >= 0.6 is 0 Å². The molecule has 1 saturated carbocycles. The van der Waals surface area contributed by atoms with Gasteiger partial charge in [-0.2, -0.15) is 0 Å². The monoisotopic (exact) mass is 378 g/mol. The van der Waals surface area contributed by atoms with Crippen molar-refractivity contribution in [3.63, 3.8) is 0 Å². The lowest BCUT2D eigenvalue weighted by atomic mass is 9.82. The Morgan fingerprint density at radius 1 is 1.22 bits per heavy atom. The van der Waals surface area contributed by atoms with Gasteiger partial charge in [0.25, 0.3) is 0 Å². The second-order valence-corrected chi connectivity index (χ2v) is 6.58. The first-order chi connectivity index (χ1) is 12.9. The molecule has 3 aromatic rings. The van der Waals surface area contributed by atoms with E-state index < -0.39 is 6.36 Å². The Morgan fingerprint density at radius 2 is 2.04 bits per heavy atom. The smallest absolute Gasteiger partial charge is 0.406 e. The van der Waals surface area contributed by atoms with E-state index in [1.807, 2.05) is 0 Å². The molecule has 0 saturated heterocycles. The van der Waals surface area contributed by atoms with Gasteiger partial charge in [-0.3, -0.25) is 0 Å². The zero-order valence-electron chi connectivity index (χ0n) is 14.1. The highest BCUT2D eigenvalue weighted by Crippen LogP contribution is 2.29. The molecule has 1 aliphatic carbocycles. The molecule has 6 nitrogen and oxygen atoms in total. The predicted molar refractivity (Wildman–Crippen MR) is 92.3 cm³/mol. The molecule has 0 radical (unpaired) electrons. The number of aromatic nitrogens is 3. The third-order valence-electron chi connectivity index (χ3n) is 4.51. The van der Waals surface area contributed by atoms with Crippen LogP contribution in [0.25, 0.3) is 16.9 Å². The van der Waals surface area contributed by atoms with Gasteiger partial charge >= 0.3 is 6.36 Å². The van der Waals surface area contributed by atoms with E-state index in [-0.39, 0.29) is 11.9 Å². The molecule has 0 bridgehead atoms. The Kier molecular flexibility index (Phi) is 4.39. The molecular formula is C18H17F3N4O2. The van der Waals surface area contributed by atoms with Gasteiger partial charge < -0.3 is 15.2 Å². The number of nitrogens with one attached hydrogen (secondary N) is 1. The minimum atomic E-state index is -4.75. The van der Waals surface area contributed by atoms with Gasteiger partial charge in [0, 0.05) is 12.1 Å². The minimum Gasteiger partial charge on any atom is -0.406 e. The van der Waals surface area contributed by atoms with Crippen LogP contribution < -0.4 is 10.1 Å². The number of fused-ring (bicyclic) bond motifs is 1. The van der Waals surface area contributed by atoms with E-state index in [0.29, 0.717) is 35.2 Å². The van der Waals surface area contributed by atoms with Crippen LogP contribution in [-0.4, -0.2) is 38.7 Å². The lowest BCUT2D eigenvalue weighted by molar-refractivity contribution is -0.274. The first-order valence-corrected chi connectivity index (χ1v) is 8.50. The van der Waals surface area contributed by atoms with Crippen molar-refractivity contribution >= 4 is 11.5 Å². The summed E-state index contributed by atoms with van der Waals surface area (Å²) in [6.07, 6.45) is -1.85. The maximum atomic E-state index is 12.5. The molecule has 9 heteroatoms. The number of anilines is 1. The summed E-state index contributed by atoms with van der Waals surface area (Å²) in [6.45, 7) is 0.703. The quantitative estimate of drug-likeness (QED) is 0.711. The van der Waals surface area contributed by atoms with Crippen molar-refractivity contribution in [1.82, 2.24) is 14.6 Å². The number of aliphatic hydroxyl groups excluding tert-OH is 1. The van der Waals surface area contributed by atoms with Gasteiger partial charge in [-0.1, -0.05) is 12.1 Å². The van der Waals surface area contributed by atoms with Crippen molar-refractivity contribution in [2.45, 2.75) is 25.3 Å². The number of nitrogens with zero attached hydrogens (tertiary/aromatic N) is 3. The highest BCUT2D eigenvalue weighted by atomic mass is 19.4. The maximum Gasteiger partial charge on any atom is 0.573 e. The van der Waals surface area contributed by atoms with Crippen LogP contribution in [0.3, 0.4) is 0 Å². The van der Waals surface area contributed by atoms with Gasteiger partial charge in [0.1, 0.15) is 11.6 Å². The zero-order valence-corrected chi connectivity index (χ0v) is 14.1. The van der Waals surface area contributed by atoms with E-state index in [2.05, 4.69) is 20.1 Å². The number of halogens is 3. The minimum absolute atomic E-state index is 0.210. The topological polar surface area (TPSA) is 71.7 Å². The van der Waals surface area contributed by atoms with Crippen LogP contribution in [-0.2, 0) is 0 Å². The average molecular weight is 378 g/mol. The van der Waals surface area contributed by atoms with Crippen molar-refractivity contribution in [3.8, 4) is 17.0 Å². The SMILES string of the molecule is O[C@H]1C[C@H](CNc2ccc3ncc(-c4cccc(OC(F)(F)F)c4)n3n2)C1. The van der Waals surface area contributed by atoms with Crippen molar-refractivity contribution in [1.29, 1.82) is 0 Å². The third-order valence-corrected chi connectivity index (χ3v) is 4.51. The second kappa shape index (κ2) is 6.73. The number of hydrogen-bond donors (Lipinski definition) is 2. The second-order valence-electron chi connectivity index (χ2n) is 6.58. The average Bonchev–Trinajstić information content (AvgIpc) is 2.99. The summed E-state index contributed by atoms with van der Waals surface area (Å²) in [5.74, 6) is 0.745.